The molecule has 2 amide bonds. The summed E-state index contributed by atoms with van der Waals surface area (Å²) in [6, 6.07) is 24.1. The van der Waals surface area contributed by atoms with E-state index in [4.69, 9.17) is 14.2 Å². The standard InChI is InChI=1S/C34H30N2O7/c1-41-34(40)28-9-3-2-8-27(28)33(39)36-16-14-21-18-24-10-12-26(21)31(36)22-6-4-7-23(19-22)42-17-5-15-35-32(38)29-20-25(43-24)11-13-30(29)37/h2-4,6-13,18-20,31,37H,5,14-17H2,1H3,(H,35,38). The Kier molecular flexibility index (Phi) is 7.70. The van der Waals surface area contributed by atoms with E-state index in [9.17, 15) is 19.5 Å². The highest BCUT2D eigenvalue weighted by Crippen LogP contribution is 2.40. The number of phenolic OH excluding ortho intramolecular Hbond substituents is 1. The first kappa shape index (κ1) is 27.8. The van der Waals surface area contributed by atoms with Crippen LogP contribution in [0.15, 0.2) is 84.9 Å². The third-order valence-electron chi connectivity index (χ3n) is 7.66. The number of nitrogens with zero attached hydrogens (tertiary/aromatic N) is 1. The number of phenols is 1. The van der Waals surface area contributed by atoms with Crippen LogP contribution in [0.3, 0.4) is 0 Å². The van der Waals surface area contributed by atoms with Gasteiger partial charge >= 0.3 is 5.97 Å². The molecule has 0 aromatic heterocycles. The Morgan fingerprint density at radius 3 is 2.56 bits per heavy atom. The first-order valence-electron chi connectivity index (χ1n) is 14.1. The molecule has 3 aliphatic heterocycles. The Morgan fingerprint density at radius 2 is 1.72 bits per heavy atom. The van der Waals surface area contributed by atoms with Gasteiger partial charge in [0.05, 0.1) is 36.4 Å². The van der Waals surface area contributed by atoms with Crippen LogP contribution in [-0.2, 0) is 11.2 Å². The van der Waals surface area contributed by atoms with Gasteiger partial charge in [0.1, 0.15) is 23.0 Å². The lowest BCUT2D eigenvalue weighted by molar-refractivity contribution is 0.0584. The lowest BCUT2D eigenvalue weighted by Crippen LogP contribution is -2.41. The normalized spacial score (nSPS) is 16.2. The fourth-order valence-corrected chi connectivity index (χ4v) is 5.59. The second-order valence-corrected chi connectivity index (χ2v) is 10.4. The van der Waals surface area contributed by atoms with E-state index in [-0.39, 0.29) is 28.3 Å². The highest BCUT2D eigenvalue weighted by atomic mass is 16.5. The monoisotopic (exact) mass is 578 g/mol. The summed E-state index contributed by atoms with van der Waals surface area (Å²) in [6.45, 7) is 1.08. The van der Waals surface area contributed by atoms with Crippen LogP contribution < -0.4 is 14.8 Å². The van der Waals surface area contributed by atoms with Crippen molar-refractivity contribution in [1.29, 1.82) is 0 Å². The molecule has 7 rings (SSSR count). The maximum atomic E-state index is 14.1. The molecule has 2 N–H and O–H groups in total. The van der Waals surface area contributed by atoms with Crippen molar-refractivity contribution < 1.29 is 33.7 Å². The number of aromatic hydroxyl groups is 1. The largest absolute Gasteiger partial charge is 0.507 e. The van der Waals surface area contributed by atoms with Gasteiger partial charge in [0, 0.05) is 13.1 Å². The number of benzene rings is 4. The van der Waals surface area contributed by atoms with Crippen molar-refractivity contribution >= 4 is 17.8 Å². The highest BCUT2D eigenvalue weighted by molar-refractivity contribution is 6.05. The van der Waals surface area contributed by atoms with Crippen LogP contribution in [0.25, 0.3) is 0 Å². The van der Waals surface area contributed by atoms with Gasteiger partial charge in [-0.05, 0) is 84.1 Å². The molecule has 4 aromatic rings. The molecule has 0 radical (unpaired) electrons. The van der Waals surface area contributed by atoms with Crippen molar-refractivity contribution in [2.45, 2.75) is 18.9 Å². The van der Waals surface area contributed by atoms with Gasteiger partial charge in [-0.1, -0.05) is 30.3 Å². The molecule has 0 saturated carbocycles. The van der Waals surface area contributed by atoms with Crippen molar-refractivity contribution in [1.82, 2.24) is 10.2 Å². The fraction of sp³-hybridized carbons (Fsp3) is 0.206. The molecule has 0 aliphatic carbocycles. The summed E-state index contributed by atoms with van der Waals surface area (Å²) in [6.07, 6.45) is 1.09. The summed E-state index contributed by atoms with van der Waals surface area (Å²) in [5, 5.41) is 13.1. The van der Waals surface area contributed by atoms with Crippen LogP contribution in [0.1, 0.15) is 60.2 Å². The van der Waals surface area contributed by atoms with Crippen LogP contribution in [0, 0.1) is 0 Å². The van der Waals surface area contributed by atoms with Crippen LogP contribution in [0.5, 0.6) is 23.0 Å². The highest BCUT2D eigenvalue weighted by Gasteiger charge is 2.34. The smallest absolute Gasteiger partial charge is 0.338 e. The number of fused-ring (bicyclic) bond motifs is 6. The van der Waals surface area contributed by atoms with E-state index in [0.717, 1.165) is 16.7 Å². The SMILES string of the molecule is COC(=O)c1ccccc1C(=O)N1CCc2cc3ccc2C1c1cccc(c1)OCCCNC(=O)c1cc(ccc1O)O3. The number of amides is 2. The van der Waals surface area contributed by atoms with Crippen molar-refractivity contribution in [3.63, 3.8) is 0 Å². The molecule has 3 aliphatic rings. The molecule has 1 atom stereocenters. The molecule has 1 unspecified atom stereocenters. The van der Waals surface area contributed by atoms with Gasteiger partial charge < -0.3 is 29.5 Å². The average Bonchev–Trinajstić information content (AvgIpc) is 3.03. The number of ether oxygens (including phenoxy) is 3. The molecule has 8 bridgehead atoms. The van der Waals surface area contributed by atoms with Crippen molar-refractivity contribution in [2.75, 3.05) is 26.8 Å². The molecular weight excluding hydrogens is 548 g/mol. The summed E-state index contributed by atoms with van der Waals surface area (Å²) in [7, 11) is 1.30. The van der Waals surface area contributed by atoms with Crippen molar-refractivity contribution in [2.24, 2.45) is 0 Å². The van der Waals surface area contributed by atoms with E-state index in [1.807, 2.05) is 42.5 Å². The molecular formula is C34H30N2O7. The molecule has 0 spiro atoms. The van der Waals surface area contributed by atoms with E-state index in [1.165, 1.54) is 19.2 Å². The van der Waals surface area contributed by atoms with Gasteiger partial charge in [-0.15, -0.1) is 0 Å². The minimum Gasteiger partial charge on any atom is -0.507 e. The molecule has 0 saturated heterocycles. The van der Waals surface area contributed by atoms with Gasteiger partial charge in [0.2, 0.25) is 0 Å². The topological polar surface area (TPSA) is 114 Å². The number of nitrogens with one attached hydrogen (secondary N) is 1. The van der Waals surface area contributed by atoms with E-state index in [0.29, 0.717) is 49.8 Å². The van der Waals surface area contributed by atoms with Gasteiger partial charge in [0.15, 0.2) is 0 Å². The predicted octanol–water partition coefficient (Wildman–Crippen LogP) is 5.27. The summed E-state index contributed by atoms with van der Waals surface area (Å²) >= 11 is 0. The zero-order chi connectivity index (χ0) is 29.9. The van der Waals surface area contributed by atoms with Crippen LogP contribution in [0.2, 0.25) is 0 Å². The summed E-state index contributed by atoms with van der Waals surface area (Å²) < 4.78 is 17.1. The number of hydrogen-bond donors (Lipinski definition) is 2. The number of rotatable bonds is 2. The van der Waals surface area contributed by atoms with E-state index < -0.39 is 17.9 Å². The Hall–Kier alpha value is -5.31. The first-order chi connectivity index (χ1) is 20.9. The van der Waals surface area contributed by atoms with Gasteiger partial charge in [0.25, 0.3) is 11.8 Å². The number of esters is 1. The maximum Gasteiger partial charge on any atom is 0.338 e. The molecule has 9 nitrogen and oxygen atoms in total. The zero-order valence-corrected chi connectivity index (χ0v) is 23.5. The van der Waals surface area contributed by atoms with Crippen molar-refractivity contribution in [3.05, 3.63) is 118 Å². The number of carbonyl (C=O) groups excluding carboxylic acids is 3. The number of carbonyl (C=O) groups is 3. The van der Waals surface area contributed by atoms with E-state index >= 15 is 0 Å². The molecule has 4 aromatic carbocycles. The van der Waals surface area contributed by atoms with Gasteiger partial charge in [-0.2, -0.15) is 0 Å². The first-order valence-corrected chi connectivity index (χ1v) is 14.1. The second-order valence-electron chi connectivity index (χ2n) is 10.4. The van der Waals surface area contributed by atoms with E-state index in [2.05, 4.69) is 5.32 Å². The zero-order valence-electron chi connectivity index (χ0n) is 23.5. The van der Waals surface area contributed by atoms with Crippen LogP contribution >= 0.6 is 0 Å². The third-order valence-corrected chi connectivity index (χ3v) is 7.66. The molecule has 9 heteroatoms. The molecule has 43 heavy (non-hydrogen) atoms. The summed E-state index contributed by atoms with van der Waals surface area (Å²) in [5.74, 6) is 0.198. The lowest BCUT2D eigenvalue weighted by atomic mass is 9.87. The van der Waals surface area contributed by atoms with Crippen molar-refractivity contribution in [3.8, 4) is 23.0 Å². The number of hydrogen-bond acceptors (Lipinski definition) is 7. The van der Waals surface area contributed by atoms with Gasteiger partial charge in [-0.3, -0.25) is 9.59 Å². The second kappa shape index (κ2) is 11.9. The third kappa shape index (κ3) is 5.61. The van der Waals surface area contributed by atoms with Crippen LogP contribution in [0.4, 0.5) is 0 Å². The Bertz CT molecular complexity index is 1720. The predicted molar refractivity (Wildman–Crippen MR) is 158 cm³/mol. The molecule has 3 heterocycles. The molecule has 218 valence electrons. The average molecular weight is 579 g/mol. The Labute approximate surface area is 248 Å². The Balaban J connectivity index is 1.44. The van der Waals surface area contributed by atoms with Crippen LogP contribution in [-0.4, -0.2) is 54.6 Å². The maximum absolute atomic E-state index is 14.1. The summed E-state index contributed by atoms with van der Waals surface area (Å²) in [5.41, 5.74) is 3.38. The number of methoxy groups -OCH3 is 1. The quantitative estimate of drug-likeness (QED) is 0.312. The summed E-state index contributed by atoms with van der Waals surface area (Å²) in [4.78, 5) is 41.2. The molecule has 0 fully saturated rings. The Morgan fingerprint density at radius 1 is 0.930 bits per heavy atom. The fourth-order valence-electron chi connectivity index (χ4n) is 5.59. The van der Waals surface area contributed by atoms with E-state index in [1.54, 1.807) is 35.2 Å². The van der Waals surface area contributed by atoms with Gasteiger partial charge in [-0.25, -0.2) is 4.79 Å². The lowest BCUT2D eigenvalue weighted by Gasteiger charge is -2.38. The minimum absolute atomic E-state index is 0.117. The minimum atomic E-state index is -0.572.